The summed E-state index contributed by atoms with van der Waals surface area (Å²) in [4.78, 5) is 8.92. The molecule has 0 amide bonds. The Morgan fingerprint density at radius 2 is 1.79 bits per heavy atom. The quantitative estimate of drug-likeness (QED) is 0.914. The van der Waals surface area contributed by atoms with E-state index in [0.717, 1.165) is 29.0 Å². The summed E-state index contributed by atoms with van der Waals surface area (Å²) in [5.41, 5.74) is 8.85. The second-order valence-corrected chi connectivity index (χ2v) is 4.32. The summed E-state index contributed by atoms with van der Waals surface area (Å²) in [5, 5.41) is 0. The molecular weight excluding hydrogens is 238 g/mol. The Balaban J connectivity index is 2.38. The van der Waals surface area contributed by atoms with Crippen molar-refractivity contribution in [2.45, 2.75) is 27.2 Å². The fourth-order valence-corrected chi connectivity index (χ4v) is 1.92. The number of hydrogen-bond acceptors (Lipinski definition) is 4. The summed E-state index contributed by atoms with van der Waals surface area (Å²) in [7, 11) is 0. The Hall–Kier alpha value is -2.10. The Kier molecular flexibility index (Phi) is 4.00. The molecule has 0 radical (unpaired) electrons. The minimum atomic E-state index is 0.552. The summed E-state index contributed by atoms with van der Waals surface area (Å²) in [6.45, 7) is 6.64. The van der Waals surface area contributed by atoms with Gasteiger partial charge in [0, 0.05) is 16.8 Å². The number of nitrogens with zero attached hydrogens (tertiary/aromatic N) is 2. The van der Waals surface area contributed by atoms with E-state index in [0.29, 0.717) is 18.2 Å². The van der Waals surface area contributed by atoms with Crippen molar-refractivity contribution in [1.29, 1.82) is 0 Å². The molecule has 19 heavy (non-hydrogen) atoms. The molecule has 0 aliphatic heterocycles. The van der Waals surface area contributed by atoms with Gasteiger partial charge in [-0.15, -0.1) is 0 Å². The summed E-state index contributed by atoms with van der Waals surface area (Å²) >= 11 is 0. The van der Waals surface area contributed by atoms with Crippen LogP contribution in [0.1, 0.15) is 25.1 Å². The van der Waals surface area contributed by atoms with Crippen molar-refractivity contribution in [3.8, 4) is 17.1 Å². The van der Waals surface area contributed by atoms with Crippen molar-refractivity contribution < 1.29 is 4.74 Å². The third kappa shape index (κ3) is 2.84. The SMILES string of the molecule is CCOc1ccc(-c2nc(N)c(C)c(CC)n2)cc1. The van der Waals surface area contributed by atoms with Crippen LogP contribution in [0.4, 0.5) is 5.82 Å². The van der Waals surface area contributed by atoms with Gasteiger partial charge in [0.2, 0.25) is 0 Å². The highest BCUT2D eigenvalue weighted by Gasteiger charge is 2.09. The number of aromatic nitrogens is 2. The van der Waals surface area contributed by atoms with Gasteiger partial charge in [0.15, 0.2) is 5.82 Å². The standard InChI is InChI=1S/C15H19N3O/c1-4-13-10(3)14(16)18-15(17-13)11-6-8-12(9-7-11)19-5-2/h6-9H,4-5H2,1-3H3,(H2,16,17,18). The predicted octanol–water partition coefficient (Wildman–Crippen LogP) is 3.00. The first kappa shape index (κ1) is 13.3. The number of anilines is 1. The topological polar surface area (TPSA) is 61.0 Å². The average molecular weight is 257 g/mol. The van der Waals surface area contributed by atoms with Gasteiger partial charge in [-0.05, 0) is 44.5 Å². The van der Waals surface area contributed by atoms with E-state index in [9.17, 15) is 0 Å². The van der Waals surface area contributed by atoms with E-state index in [-0.39, 0.29) is 0 Å². The lowest BCUT2D eigenvalue weighted by molar-refractivity contribution is 0.340. The minimum Gasteiger partial charge on any atom is -0.494 e. The Labute approximate surface area is 113 Å². The van der Waals surface area contributed by atoms with Crippen molar-refractivity contribution in [3.05, 3.63) is 35.5 Å². The predicted molar refractivity (Wildman–Crippen MR) is 77.2 cm³/mol. The van der Waals surface area contributed by atoms with Gasteiger partial charge < -0.3 is 10.5 Å². The van der Waals surface area contributed by atoms with Gasteiger partial charge in [-0.25, -0.2) is 9.97 Å². The highest BCUT2D eigenvalue weighted by molar-refractivity contribution is 5.59. The molecule has 0 fully saturated rings. The molecule has 0 bridgehead atoms. The third-order valence-electron chi connectivity index (χ3n) is 3.04. The lowest BCUT2D eigenvalue weighted by Crippen LogP contribution is -2.04. The van der Waals surface area contributed by atoms with Gasteiger partial charge in [-0.1, -0.05) is 6.92 Å². The molecule has 0 spiro atoms. The molecular formula is C15H19N3O. The molecule has 0 atom stereocenters. The van der Waals surface area contributed by atoms with Crippen molar-refractivity contribution >= 4 is 5.82 Å². The second-order valence-electron chi connectivity index (χ2n) is 4.32. The van der Waals surface area contributed by atoms with Crippen LogP contribution >= 0.6 is 0 Å². The first-order chi connectivity index (χ1) is 9.15. The Morgan fingerprint density at radius 1 is 1.11 bits per heavy atom. The first-order valence-electron chi connectivity index (χ1n) is 6.52. The molecule has 4 heteroatoms. The molecule has 0 saturated carbocycles. The van der Waals surface area contributed by atoms with Crippen molar-refractivity contribution in [2.75, 3.05) is 12.3 Å². The van der Waals surface area contributed by atoms with E-state index in [4.69, 9.17) is 10.5 Å². The number of nitrogens with two attached hydrogens (primary N) is 1. The lowest BCUT2D eigenvalue weighted by atomic mass is 10.1. The van der Waals surface area contributed by atoms with E-state index in [1.807, 2.05) is 38.1 Å². The molecule has 0 saturated heterocycles. The van der Waals surface area contributed by atoms with E-state index in [1.165, 1.54) is 0 Å². The minimum absolute atomic E-state index is 0.552. The van der Waals surface area contributed by atoms with Gasteiger partial charge in [-0.2, -0.15) is 0 Å². The van der Waals surface area contributed by atoms with Crippen LogP contribution in [0.3, 0.4) is 0 Å². The van der Waals surface area contributed by atoms with E-state index >= 15 is 0 Å². The molecule has 4 nitrogen and oxygen atoms in total. The van der Waals surface area contributed by atoms with Crippen LogP contribution in [0, 0.1) is 6.92 Å². The molecule has 1 aromatic heterocycles. The van der Waals surface area contributed by atoms with Crippen LogP contribution in [0.15, 0.2) is 24.3 Å². The van der Waals surface area contributed by atoms with Crippen LogP contribution in [-0.2, 0) is 6.42 Å². The second kappa shape index (κ2) is 5.69. The van der Waals surface area contributed by atoms with Gasteiger partial charge in [0.25, 0.3) is 0 Å². The number of benzene rings is 1. The highest BCUT2D eigenvalue weighted by Crippen LogP contribution is 2.22. The molecule has 2 rings (SSSR count). The fourth-order valence-electron chi connectivity index (χ4n) is 1.92. The number of aryl methyl sites for hydroxylation is 1. The molecule has 1 heterocycles. The van der Waals surface area contributed by atoms with Crippen LogP contribution in [0.25, 0.3) is 11.4 Å². The van der Waals surface area contributed by atoms with E-state index in [1.54, 1.807) is 0 Å². The normalized spacial score (nSPS) is 10.5. The van der Waals surface area contributed by atoms with Crippen LogP contribution in [0.5, 0.6) is 5.75 Å². The molecule has 1 aromatic carbocycles. The maximum Gasteiger partial charge on any atom is 0.161 e. The molecule has 0 aliphatic carbocycles. The number of nitrogen functional groups attached to an aromatic ring is 1. The van der Waals surface area contributed by atoms with Crippen LogP contribution in [0.2, 0.25) is 0 Å². The maximum absolute atomic E-state index is 5.94. The van der Waals surface area contributed by atoms with Gasteiger partial charge in [-0.3, -0.25) is 0 Å². The Bertz CT molecular complexity index is 564. The Morgan fingerprint density at radius 3 is 2.37 bits per heavy atom. The van der Waals surface area contributed by atoms with Crippen LogP contribution in [-0.4, -0.2) is 16.6 Å². The van der Waals surface area contributed by atoms with Crippen LogP contribution < -0.4 is 10.5 Å². The molecule has 0 aliphatic rings. The number of ether oxygens (including phenoxy) is 1. The third-order valence-corrected chi connectivity index (χ3v) is 3.04. The zero-order valence-corrected chi connectivity index (χ0v) is 11.6. The van der Waals surface area contributed by atoms with Crippen molar-refractivity contribution in [2.24, 2.45) is 0 Å². The smallest absolute Gasteiger partial charge is 0.161 e. The van der Waals surface area contributed by atoms with Crippen molar-refractivity contribution in [1.82, 2.24) is 9.97 Å². The van der Waals surface area contributed by atoms with Gasteiger partial charge in [0.05, 0.1) is 6.61 Å². The summed E-state index contributed by atoms with van der Waals surface area (Å²) in [5.74, 6) is 2.07. The lowest BCUT2D eigenvalue weighted by Gasteiger charge is -2.09. The molecule has 2 N–H and O–H groups in total. The fraction of sp³-hybridized carbons (Fsp3) is 0.333. The van der Waals surface area contributed by atoms with E-state index in [2.05, 4.69) is 16.9 Å². The zero-order chi connectivity index (χ0) is 13.8. The first-order valence-corrected chi connectivity index (χ1v) is 6.52. The largest absolute Gasteiger partial charge is 0.494 e. The van der Waals surface area contributed by atoms with Gasteiger partial charge >= 0.3 is 0 Å². The van der Waals surface area contributed by atoms with Gasteiger partial charge in [0.1, 0.15) is 11.6 Å². The monoisotopic (exact) mass is 257 g/mol. The molecule has 100 valence electrons. The average Bonchev–Trinajstić information content (AvgIpc) is 2.43. The zero-order valence-electron chi connectivity index (χ0n) is 11.6. The molecule has 2 aromatic rings. The highest BCUT2D eigenvalue weighted by atomic mass is 16.5. The molecule has 0 unspecified atom stereocenters. The summed E-state index contributed by atoms with van der Waals surface area (Å²) in [6, 6.07) is 7.75. The van der Waals surface area contributed by atoms with E-state index < -0.39 is 0 Å². The summed E-state index contributed by atoms with van der Waals surface area (Å²) < 4.78 is 5.42. The van der Waals surface area contributed by atoms with Crippen molar-refractivity contribution in [3.63, 3.8) is 0 Å². The number of rotatable bonds is 4. The summed E-state index contributed by atoms with van der Waals surface area (Å²) in [6.07, 6.45) is 0.850. The number of hydrogen-bond donors (Lipinski definition) is 1. The maximum atomic E-state index is 5.94.